The van der Waals surface area contributed by atoms with Crippen molar-refractivity contribution in [3.05, 3.63) is 59.9 Å². The first kappa shape index (κ1) is 11.7. The van der Waals surface area contributed by atoms with Crippen molar-refractivity contribution in [1.29, 1.82) is 0 Å². The van der Waals surface area contributed by atoms with Crippen LogP contribution in [0.25, 0.3) is 0 Å². The maximum atomic E-state index is 10.7. The van der Waals surface area contributed by atoms with Crippen LogP contribution in [0.3, 0.4) is 0 Å². The number of pyridine rings is 1. The summed E-state index contributed by atoms with van der Waals surface area (Å²) in [4.78, 5) is 14.6. The van der Waals surface area contributed by atoms with E-state index in [0.717, 1.165) is 12.1 Å². The summed E-state index contributed by atoms with van der Waals surface area (Å²) in [6.45, 7) is 0. The molecule has 96 valence electrons. The fourth-order valence-corrected chi connectivity index (χ4v) is 2.24. The fraction of sp³-hybridized carbons (Fsp3) is 0.200. The van der Waals surface area contributed by atoms with Gasteiger partial charge in [0.25, 0.3) is 0 Å². The molecule has 4 nitrogen and oxygen atoms in total. The van der Waals surface area contributed by atoms with Crippen molar-refractivity contribution in [2.45, 2.75) is 18.4 Å². The topological polar surface area (TPSA) is 62.2 Å². The van der Waals surface area contributed by atoms with Gasteiger partial charge >= 0.3 is 5.97 Å². The number of hydrogen-bond acceptors (Lipinski definition) is 3. The van der Waals surface area contributed by atoms with E-state index in [4.69, 9.17) is 5.11 Å². The summed E-state index contributed by atoms with van der Waals surface area (Å²) in [5, 5.41) is 12.2. The summed E-state index contributed by atoms with van der Waals surface area (Å²) in [6, 6.07) is 14.1. The van der Waals surface area contributed by atoms with Gasteiger partial charge in [-0.25, -0.2) is 9.78 Å². The van der Waals surface area contributed by atoms with Crippen LogP contribution in [-0.2, 0) is 0 Å². The van der Waals surface area contributed by atoms with Gasteiger partial charge in [0.1, 0.15) is 5.69 Å². The summed E-state index contributed by atoms with van der Waals surface area (Å²) in [7, 11) is 0. The number of carboxylic acid groups (broad SMARTS) is 1. The zero-order valence-electron chi connectivity index (χ0n) is 10.3. The van der Waals surface area contributed by atoms with E-state index < -0.39 is 5.97 Å². The Balaban J connectivity index is 1.63. The number of carboxylic acids is 1. The van der Waals surface area contributed by atoms with Crippen molar-refractivity contribution in [3.63, 3.8) is 0 Å². The van der Waals surface area contributed by atoms with Crippen LogP contribution in [0.4, 0.5) is 5.69 Å². The molecule has 2 aromatic rings. The first-order chi connectivity index (χ1) is 9.24. The summed E-state index contributed by atoms with van der Waals surface area (Å²) in [5.74, 6) is -0.458. The first-order valence-corrected chi connectivity index (χ1v) is 6.25. The second kappa shape index (κ2) is 4.72. The summed E-state index contributed by atoms with van der Waals surface area (Å²) in [6.07, 6.45) is 2.68. The Hall–Kier alpha value is -2.36. The molecule has 3 rings (SSSR count). The zero-order valence-corrected chi connectivity index (χ0v) is 10.3. The van der Waals surface area contributed by atoms with Crippen LogP contribution >= 0.6 is 0 Å². The van der Waals surface area contributed by atoms with E-state index in [2.05, 4.69) is 22.4 Å². The molecule has 1 saturated carbocycles. The van der Waals surface area contributed by atoms with Crippen LogP contribution < -0.4 is 5.32 Å². The lowest BCUT2D eigenvalue weighted by Gasteiger charge is -2.05. The average Bonchev–Trinajstić information content (AvgIpc) is 3.20. The van der Waals surface area contributed by atoms with E-state index >= 15 is 0 Å². The molecule has 0 bridgehead atoms. The molecule has 0 radical (unpaired) electrons. The lowest BCUT2D eigenvalue weighted by molar-refractivity contribution is 0.0690. The van der Waals surface area contributed by atoms with E-state index in [1.165, 1.54) is 11.6 Å². The maximum absolute atomic E-state index is 10.7. The molecule has 2 unspecified atom stereocenters. The van der Waals surface area contributed by atoms with E-state index in [0.29, 0.717) is 12.0 Å². The van der Waals surface area contributed by atoms with Crippen molar-refractivity contribution >= 4 is 11.7 Å². The van der Waals surface area contributed by atoms with E-state index in [9.17, 15) is 4.79 Å². The largest absolute Gasteiger partial charge is 0.477 e. The molecule has 1 aliphatic carbocycles. The summed E-state index contributed by atoms with van der Waals surface area (Å²) < 4.78 is 0. The molecule has 1 aromatic heterocycles. The Labute approximate surface area is 111 Å². The highest BCUT2D eigenvalue weighted by atomic mass is 16.4. The molecule has 0 spiro atoms. The molecule has 2 atom stereocenters. The number of anilines is 1. The van der Waals surface area contributed by atoms with Gasteiger partial charge in [-0.3, -0.25) is 0 Å². The smallest absolute Gasteiger partial charge is 0.354 e. The molecule has 0 amide bonds. The highest BCUT2D eigenvalue weighted by Gasteiger charge is 2.38. The second-order valence-electron chi connectivity index (χ2n) is 4.74. The number of benzene rings is 1. The van der Waals surface area contributed by atoms with Gasteiger partial charge in [0.2, 0.25) is 0 Å². The highest BCUT2D eigenvalue weighted by molar-refractivity contribution is 5.85. The standard InChI is InChI=1S/C15H14N2O2/c18-15(19)13-7-6-11(9-16-13)17-14-8-12(14)10-4-2-1-3-5-10/h1-7,9,12,14,17H,8H2,(H,18,19). The molecule has 1 aliphatic rings. The van der Waals surface area contributed by atoms with Crippen LogP contribution in [0.5, 0.6) is 0 Å². The Kier molecular flexibility index (Phi) is 2.91. The van der Waals surface area contributed by atoms with Gasteiger partial charge in [-0.2, -0.15) is 0 Å². The van der Waals surface area contributed by atoms with Gasteiger partial charge in [0, 0.05) is 12.0 Å². The van der Waals surface area contributed by atoms with Crippen LogP contribution in [0.1, 0.15) is 28.4 Å². The lowest BCUT2D eigenvalue weighted by atomic mass is 10.1. The number of nitrogens with one attached hydrogen (secondary N) is 1. The van der Waals surface area contributed by atoms with E-state index in [1.54, 1.807) is 12.3 Å². The van der Waals surface area contributed by atoms with Gasteiger partial charge in [-0.15, -0.1) is 0 Å². The van der Waals surface area contributed by atoms with Crippen LogP contribution in [0, 0.1) is 0 Å². The molecular weight excluding hydrogens is 240 g/mol. The number of carbonyl (C=O) groups is 1. The Morgan fingerprint density at radius 3 is 2.63 bits per heavy atom. The van der Waals surface area contributed by atoms with Gasteiger partial charge in [0.05, 0.1) is 11.9 Å². The third kappa shape index (κ3) is 2.57. The zero-order chi connectivity index (χ0) is 13.2. The van der Waals surface area contributed by atoms with Crippen LogP contribution in [0.15, 0.2) is 48.7 Å². The Bertz CT molecular complexity index is 581. The highest BCUT2D eigenvalue weighted by Crippen LogP contribution is 2.42. The Morgan fingerprint density at radius 2 is 2.00 bits per heavy atom. The number of hydrogen-bond donors (Lipinski definition) is 2. The third-order valence-electron chi connectivity index (χ3n) is 3.35. The molecule has 1 heterocycles. The van der Waals surface area contributed by atoms with Gasteiger partial charge in [-0.05, 0) is 24.1 Å². The maximum Gasteiger partial charge on any atom is 0.354 e. The van der Waals surface area contributed by atoms with Crippen LogP contribution in [0.2, 0.25) is 0 Å². The summed E-state index contributed by atoms with van der Waals surface area (Å²) in [5.41, 5.74) is 2.28. The monoisotopic (exact) mass is 254 g/mol. The third-order valence-corrected chi connectivity index (χ3v) is 3.35. The molecule has 19 heavy (non-hydrogen) atoms. The van der Waals surface area contributed by atoms with E-state index in [-0.39, 0.29) is 5.69 Å². The predicted molar refractivity (Wildman–Crippen MR) is 72.4 cm³/mol. The van der Waals surface area contributed by atoms with Gasteiger partial charge in [-0.1, -0.05) is 30.3 Å². The van der Waals surface area contributed by atoms with Crippen LogP contribution in [-0.4, -0.2) is 22.1 Å². The summed E-state index contributed by atoms with van der Waals surface area (Å²) >= 11 is 0. The molecule has 1 fully saturated rings. The molecule has 4 heteroatoms. The lowest BCUT2D eigenvalue weighted by Crippen LogP contribution is -2.06. The van der Waals surface area contributed by atoms with Crippen molar-refractivity contribution in [2.75, 3.05) is 5.32 Å². The molecular formula is C15H14N2O2. The van der Waals surface area contributed by atoms with E-state index in [1.807, 2.05) is 18.2 Å². The van der Waals surface area contributed by atoms with Crippen molar-refractivity contribution < 1.29 is 9.90 Å². The minimum absolute atomic E-state index is 0.0703. The SMILES string of the molecule is O=C(O)c1ccc(NC2CC2c2ccccc2)cn1. The number of rotatable bonds is 4. The normalized spacial score (nSPS) is 20.8. The second-order valence-corrected chi connectivity index (χ2v) is 4.74. The average molecular weight is 254 g/mol. The Morgan fingerprint density at radius 1 is 1.21 bits per heavy atom. The number of aromatic nitrogens is 1. The van der Waals surface area contributed by atoms with Crippen molar-refractivity contribution in [2.24, 2.45) is 0 Å². The minimum atomic E-state index is -1.000. The van der Waals surface area contributed by atoms with Gasteiger partial charge in [0.15, 0.2) is 0 Å². The molecule has 0 aliphatic heterocycles. The fourth-order valence-electron chi connectivity index (χ4n) is 2.24. The molecule has 1 aromatic carbocycles. The predicted octanol–water partition coefficient (Wildman–Crippen LogP) is 2.75. The van der Waals surface area contributed by atoms with Crippen molar-refractivity contribution in [1.82, 2.24) is 4.98 Å². The minimum Gasteiger partial charge on any atom is -0.477 e. The van der Waals surface area contributed by atoms with Gasteiger partial charge < -0.3 is 10.4 Å². The molecule has 2 N–H and O–H groups in total. The quantitative estimate of drug-likeness (QED) is 0.880. The molecule has 0 saturated heterocycles. The first-order valence-electron chi connectivity index (χ1n) is 6.25. The number of aromatic carboxylic acids is 1. The van der Waals surface area contributed by atoms with Crippen molar-refractivity contribution in [3.8, 4) is 0 Å². The number of nitrogens with zero attached hydrogens (tertiary/aromatic N) is 1.